The summed E-state index contributed by atoms with van der Waals surface area (Å²) in [6, 6.07) is 1.64. The lowest BCUT2D eigenvalue weighted by Gasteiger charge is -2.25. The zero-order valence-electron chi connectivity index (χ0n) is 11.1. The average Bonchev–Trinajstić information content (AvgIpc) is 2.36. The molecule has 0 aliphatic rings. The molecule has 2 N–H and O–H groups in total. The van der Waals surface area contributed by atoms with Crippen molar-refractivity contribution >= 4 is 11.6 Å². The lowest BCUT2D eigenvalue weighted by Crippen LogP contribution is -2.32. The van der Waals surface area contributed by atoms with Crippen LogP contribution in [0.2, 0.25) is 0 Å². The predicted molar refractivity (Wildman–Crippen MR) is 68.4 cm³/mol. The van der Waals surface area contributed by atoms with Crippen LogP contribution >= 0.6 is 0 Å². The Morgan fingerprint density at radius 2 is 2.05 bits per heavy atom. The highest BCUT2D eigenvalue weighted by atomic mass is 19.4. The molecule has 1 aromatic heterocycles. The van der Waals surface area contributed by atoms with Crippen molar-refractivity contribution in [1.29, 1.82) is 0 Å². The van der Waals surface area contributed by atoms with Crippen LogP contribution in [0.1, 0.15) is 19.4 Å². The van der Waals surface area contributed by atoms with Crippen molar-refractivity contribution in [2.24, 2.45) is 0 Å². The molecule has 4 nitrogen and oxygen atoms in total. The third kappa shape index (κ3) is 3.99. The van der Waals surface area contributed by atoms with E-state index >= 15 is 0 Å². The average molecular weight is 277 g/mol. The molecular weight excluding hydrogens is 259 g/mol. The summed E-state index contributed by atoms with van der Waals surface area (Å²) in [6.45, 7) is 3.80. The summed E-state index contributed by atoms with van der Waals surface area (Å²) in [5, 5.41) is 11.8. The van der Waals surface area contributed by atoms with Crippen LogP contribution in [-0.2, 0) is 6.18 Å². The Labute approximate surface area is 110 Å². The van der Waals surface area contributed by atoms with Crippen molar-refractivity contribution in [3.8, 4) is 0 Å². The molecule has 19 heavy (non-hydrogen) atoms. The zero-order chi connectivity index (χ0) is 14.6. The van der Waals surface area contributed by atoms with E-state index in [2.05, 4.69) is 10.3 Å². The number of rotatable bonds is 5. The first kappa shape index (κ1) is 15.6. The Morgan fingerprint density at radius 3 is 2.53 bits per heavy atom. The first-order valence-electron chi connectivity index (χ1n) is 5.96. The van der Waals surface area contributed by atoms with Gasteiger partial charge in [-0.1, -0.05) is 0 Å². The lowest BCUT2D eigenvalue weighted by atomic mass is 10.2. The standard InChI is InChI=1S/C12H18F3N3O/c1-4-16-10-5-9(12(13,14)15)6-11(17-10)18(3)8(2)7-19/h5-6,8,19H,4,7H2,1-3H3,(H,16,17). The maximum Gasteiger partial charge on any atom is 0.416 e. The van der Waals surface area contributed by atoms with Gasteiger partial charge in [-0.2, -0.15) is 13.2 Å². The topological polar surface area (TPSA) is 48.4 Å². The van der Waals surface area contributed by atoms with Gasteiger partial charge in [-0.05, 0) is 26.0 Å². The van der Waals surface area contributed by atoms with Crippen LogP contribution in [0.4, 0.5) is 24.8 Å². The van der Waals surface area contributed by atoms with Gasteiger partial charge in [0.2, 0.25) is 0 Å². The highest BCUT2D eigenvalue weighted by molar-refractivity contribution is 5.51. The van der Waals surface area contributed by atoms with Crippen LogP contribution in [0.15, 0.2) is 12.1 Å². The molecule has 0 aromatic carbocycles. The lowest BCUT2D eigenvalue weighted by molar-refractivity contribution is -0.137. The molecule has 7 heteroatoms. The number of likely N-dealkylation sites (N-methyl/N-ethyl adjacent to an activating group) is 1. The van der Waals surface area contributed by atoms with Gasteiger partial charge >= 0.3 is 6.18 Å². The molecular formula is C12H18F3N3O. The summed E-state index contributed by atoms with van der Waals surface area (Å²) in [6.07, 6.45) is -4.43. The highest BCUT2D eigenvalue weighted by Crippen LogP contribution is 2.33. The second kappa shape index (κ2) is 6.10. The quantitative estimate of drug-likeness (QED) is 0.867. The molecule has 0 saturated carbocycles. The Balaban J connectivity index is 3.20. The summed E-state index contributed by atoms with van der Waals surface area (Å²) in [5.41, 5.74) is -0.759. The SMILES string of the molecule is CCNc1cc(C(F)(F)F)cc(N(C)C(C)CO)n1. The zero-order valence-corrected chi connectivity index (χ0v) is 11.1. The van der Waals surface area contributed by atoms with Gasteiger partial charge in [0.05, 0.1) is 18.2 Å². The molecule has 0 fully saturated rings. The first-order valence-corrected chi connectivity index (χ1v) is 5.96. The number of hydrogen-bond donors (Lipinski definition) is 2. The van der Waals surface area contributed by atoms with Crippen LogP contribution in [0, 0.1) is 0 Å². The van der Waals surface area contributed by atoms with Crippen LogP contribution in [0.3, 0.4) is 0 Å². The second-order valence-electron chi connectivity index (χ2n) is 4.27. The summed E-state index contributed by atoms with van der Waals surface area (Å²) in [7, 11) is 1.60. The van der Waals surface area contributed by atoms with E-state index in [1.54, 1.807) is 20.9 Å². The van der Waals surface area contributed by atoms with E-state index in [0.717, 1.165) is 12.1 Å². The van der Waals surface area contributed by atoms with Crippen molar-refractivity contribution in [3.63, 3.8) is 0 Å². The molecule has 108 valence electrons. The molecule has 1 heterocycles. The summed E-state index contributed by atoms with van der Waals surface area (Å²) in [5.74, 6) is 0.344. The van der Waals surface area contributed by atoms with Crippen molar-refractivity contribution in [3.05, 3.63) is 17.7 Å². The Morgan fingerprint density at radius 1 is 1.42 bits per heavy atom. The second-order valence-corrected chi connectivity index (χ2v) is 4.27. The molecule has 0 saturated heterocycles. The van der Waals surface area contributed by atoms with Crippen molar-refractivity contribution < 1.29 is 18.3 Å². The number of anilines is 2. The van der Waals surface area contributed by atoms with Crippen molar-refractivity contribution in [2.45, 2.75) is 26.1 Å². The van der Waals surface area contributed by atoms with Gasteiger partial charge in [-0.3, -0.25) is 0 Å². The smallest absolute Gasteiger partial charge is 0.394 e. The molecule has 1 atom stereocenters. The van der Waals surface area contributed by atoms with Gasteiger partial charge in [0.1, 0.15) is 11.6 Å². The van der Waals surface area contributed by atoms with Crippen LogP contribution < -0.4 is 10.2 Å². The molecule has 0 bridgehead atoms. The Kier molecular flexibility index (Phi) is 4.99. The highest BCUT2D eigenvalue weighted by Gasteiger charge is 2.32. The van der Waals surface area contributed by atoms with E-state index in [0.29, 0.717) is 6.54 Å². The molecule has 1 aromatic rings. The number of nitrogens with zero attached hydrogens (tertiary/aromatic N) is 2. The number of aromatic nitrogens is 1. The monoisotopic (exact) mass is 277 g/mol. The van der Waals surface area contributed by atoms with Gasteiger partial charge in [-0.25, -0.2) is 4.98 Å². The fourth-order valence-electron chi connectivity index (χ4n) is 1.48. The van der Waals surface area contributed by atoms with Gasteiger partial charge in [-0.15, -0.1) is 0 Å². The molecule has 0 aliphatic carbocycles. The normalized spacial score (nSPS) is 13.2. The van der Waals surface area contributed by atoms with Crippen LogP contribution in [0.25, 0.3) is 0 Å². The fraction of sp³-hybridized carbons (Fsp3) is 0.583. The number of alkyl halides is 3. The Hall–Kier alpha value is -1.50. The van der Waals surface area contributed by atoms with Gasteiger partial charge < -0.3 is 15.3 Å². The summed E-state index contributed by atoms with van der Waals surface area (Å²) < 4.78 is 38.4. The largest absolute Gasteiger partial charge is 0.416 e. The van der Waals surface area contributed by atoms with E-state index in [9.17, 15) is 13.2 Å². The van der Waals surface area contributed by atoms with Crippen LogP contribution in [-0.4, -0.2) is 36.3 Å². The number of aliphatic hydroxyl groups is 1. The minimum absolute atomic E-state index is 0.162. The molecule has 0 aliphatic heterocycles. The number of aliphatic hydroxyl groups excluding tert-OH is 1. The van der Waals surface area contributed by atoms with Gasteiger partial charge in [0, 0.05) is 13.6 Å². The molecule has 1 rings (SSSR count). The summed E-state index contributed by atoms with van der Waals surface area (Å²) in [4.78, 5) is 5.62. The third-order valence-corrected chi connectivity index (χ3v) is 2.78. The van der Waals surface area contributed by atoms with E-state index in [-0.39, 0.29) is 24.3 Å². The number of nitrogens with one attached hydrogen (secondary N) is 1. The van der Waals surface area contributed by atoms with E-state index in [1.807, 2.05) is 0 Å². The third-order valence-electron chi connectivity index (χ3n) is 2.78. The van der Waals surface area contributed by atoms with E-state index in [1.165, 1.54) is 4.90 Å². The molecule has 1 unspecified atom stereocenters. The molecule has 0 amide bonds. The number of halogens is 3. The van der Waals surface area contributed by atoms with Gasteiger partial charge in [0.25, 0.3) is 0 Å². The number of hydrogen-bond acceptors (Lipinski definition) is 4. The van der Waals surface area contributed by atoms with Crippen LogP contribution in [0.5, 0.6) is 0 Å². The van der Waals surface area contributed by atoms with Crippen molar-refractivity contribution in [1.82, 2.24) is 4.98 Å². The molecule has 0 spiro atoms. The maximum absolute atomic E-state index is 12.8. The minimum Gasteiger partial charge on any atom is -0.394 e. The van der Waals surface area contributed by atoms with E-state index in [4.69, 9.17) is 5.11 Å². The van der Waals surface area contributed by atoms with E-state index < -0.39 is 11.7 Å². The Bertz CT molecular complexity index is 423. The van der Waals surface area contributed by atoms with Gasteiger partial charge in [0.15, 0.2) is 0 Å². The summed E-state index contributed by atoms with van der Waals surface area (Å²) >= 11 is 0. The minimum atomic E-state index is -4.43. The molecule has 0 radical (unpaired) electrons. The predicted octanol–water partition coefficient (Wildman–Crippen LogP) is 2.35. The first-order chi connectivity index (χ1) is 8.79. The number of pyridine rings is 1. The maximum atomic E-state index is 12.8. The fourth-order valence-corrected chi connectivity index (χ4v) is 1.48. The van der Waals surface area contributed by atoms with Crippen molar-refractivity contribution in [2.75, 3.05) is 30.4 Å².